The van der Waals surface area contributed by atoms with Gasteiger partial charge < -0.3 is 0 Å². The Balaban J connectivity index is 1.46. The van der Waals surface area contributed by atoms with Crippen LogP contribution in [0.15, 0.2) is 46.2 Å². The maximum atomic E-state index is 12.9. The van der Waals surface area contributed by atoms with Crippen molar-refractivity contribution in [2.75, 3.05) is 13.1 Å². The normalized spacial score (nSPS) is 18.8. The maximum Gasteiger partial charge on any atom is 0.293 e. The molecule has 0 atom stereocenters. The molecule has 0 N–H and O–H groups in total. The molecule has 2 fully saturated rings. The lowest BCUT2D eigenvalue weighted by Gasteiger charge is -2.17. The number of hydrogen-bond acceptors (Lipinski definition) is 6. The van der Waals surface area contributed by atoms with Crippen molar-refractivity contribution in [1.29, 1.82) is 0 Å². The molecule has 4 amide bonds. The summed E-state index contributed by atoms with van der Waals surface area (Å²) in [6.07, 6.45) is 3.36. The Labute approximate surface area is 211 Å². The molecular formula is C25H21ClN2O4S2. The summed E-state index contributed by atoms with van der Waals surface area (Å²) in [5.41, 5.74) is 4.83. The lowest BCUT2D eigenvalue weighted by molar-refractivity contribution is -0.125. The van der Waals surface area contributed by atoms with Gasteiger partial charge in [0.15, 0.2) is 0 Å². The van der Waals surface area contributed by atoms with Gasteiger partial charge in [0.1, 0.15) is 0 Å². The zero-order valence-electron chi connectivity index (χ0n) is 18.8. The summed E-state index contributed by atoms with van der Waals surface area (Å²) in [5.74, 6) is -0.864. The number of amides is 4. The average molecular weight is 513 g/mol. The van der Waals surface area contributed by atoms with Crippen LogP contribution in [0.3, 0.4) is 0 Å². The fourth-order valence-corrected chi connectivity index (χ4v) is 5.68. The summed E-state index contributed by atoms with van der Waals surface area (Å²) in [4.78, 5) is 53.4. The third-order valence-corrected chi connectivity index (χ3v) is 7.54. The highest BCUT2D eigenvalue weighted by molar-refractivity contribution is 8.18. The number of halogens is 1. The van der Waals surface area contributed by atoms with E-state index in [0.29, 0.717) is 9.93 Å². The van der Waals surface area contributed by atoms with E-state index in [0.717, 1.165) is 61.1 Å². The maximum absolute atomic E-state index is 12.9. The van der Waals surface area contributed by atoms with Gasteiger partial charge in [-0.1, -0.05) is 41.4 Å². The van der Waals surface area contributed by atoms with Crippen LogP contribution < -0.4 is 0 Å². The first-order chi connectivity index (χ1) is 16.1. The van der Waals surface area contributed by atoms with Crippen LogP contribution in [0.25, 0.3) is 12.2 Å². The molecule has 34 heavy (non-hydrogen) atoms. The molecule has 0 unspecified atom stereocenters. The van der Waals surface area contributed by atoms with Crippen LogP contribution in [0.4, 0.5) is 9.59 Å². The van der Waals surface area contributed by atoms with E-state index in [9.17, 15) is 19.2 Å². The average Bonchev–Trinajstić information content (AvgIpc) is 3.19. The number of thioether (sulfide) groups is 2. The molecule has 2 heterocycles. The van der Waals surface area contributed by atoms with E-state index < -0.39 is 22.3 Å². The van der Waals surface area contributed by atoms with E-state index in [1.807, 2.05) is 32.9 Å². The minimum Gasteiger partial charge on any atom is -0.268 e. The first kappa shape index (κ1) is 24.3. The number of benzene rings is 2. The molecule has 0 aliphatic carbocycles. The Morgan fingerprint density at radius 2 is 1.24 bits per heavy atom. The van der Waals surface area contributed by atoms with E-state index in [1.54, 1.807) is 36.4 Å². The Kier molecular flexibility index (Phi) is 7.02. The second-order valence-corrected chi connectivity index (χ2v) is 10.5. The van der Waals surface area contributed by atoms with E-state index in [-0.39, 0.29) is 18.0 Å². The van der Waals surface area contributed by atoms with E-state index in [2.05, 4.69) is 0 Å². The van der Waals surface area contributed by atoms with Gasteiger partial charge in [0.25, 0.3) is 22.3 Å². The third kappa shape index (κ3) is 4.99. The van der Waals surface area contributed by atoms with Crippen molar-refractivity contribution in [2.24, 2.45) is 0 Å². The van der Waals surface area contributed by atoms with E-state index in [4.69, 9.17) is 11.6 Å². The zero-order chi connectivity index (χ0) is 24.6. The minimum atomic E-state index is -0.446. The van der Waals surface area contributed by atoms with Crippen LogP contribution in [-0.2, 0) is 9.59 Å². The van der Waals surface area contributed by atoms with Crippen LogP contribution in [0, 0.1) is 20.8 Å². The molecule has 0 radical (unpaired) electrons. The number of hydrogen-bond donors (Lipinski definition) is 0. The number of rotatable bonds is 5. The van der Waals surface area contributed by atoms with Gasteiger partial charge in [-0.05, 0) is 90.8 Å². The predicted molar refractivity (Wildman–Crippen MR) is 137 cm³/mol. The molecule has 9 heteroatoms. The van der Waals surface area contributed by atoms with Gasteiger partial charge in [-0.15, -0.1) is 0 Å². The first-order valence-electron chi connectivity index (χ1n) is 10.5. The molecule has 2 saturated heterocycles. The molecule has 6 nitrogen and oxygen atoms in total. The topological polar surface area (TPSA) is 74.8 Å². The molecule has 0 saturated carbocycles. The van der Waals surface area contributed by atoms with Gasteiger partial charge in [-0.25, -0.2) is 0 Å². The van der Waals surface area contributed by atoms with Crippen LogP contribution >= 0.6 is 35.1 Å². The second kappa shape index (κ2) is 9.82. The Morgan fingerprint density at radius 3 is 1.74 bits per heavy atom. The van der Waals surface area contributed by atoms with Crippen LogP contribution in [0.5, 0.6) is 0 Å². The summed E-state index contributed by atoms with van der Waals surface area (Å²) in [6.45, 7) is 5.82. The van der Waals surface area contributed by atoms with Gasteiger partial charge in [0, 0.05) is 18.1 Å². The molecule has 2 aliphatic rings. The largest absolute Gasteiger partial charge is 0.293 e. The van der Waals surface area contributed by atoms with Crippen molar-refractivity contribution in [1.82, 2.24) is 9.80 Å². The summed E-state index contributed by atoms with van der Waals surface area (Å²) in [6, 6.07) is 11.0. The molecule has 2 aliphatic heterocycles. The summed E-state index contributed by atoms with van der Waals surface area (Å²) >= 11 is 7.59. The standard InChI is InChI=1S/C25H21ClN2O4S2/c1-14-10-15(2)19(16(3)11-14)13-21-23(30)28(25(32)34-21)9-8-27-22(29)20(33-24(27)31)12-17-4-6-18(26)7-5-17/h4-7,10-13H,8-9H2,1-3H3/b20-12-,21-13-. The van der Waals surface area contributed by atoms with Gasteiger partial charge in [0.05, 0.1) is 9.81 Å². The number of carbonyl (C=O) groups excluding carboxylic acids is 4. The second-order valence-electron chi connectivity index (χ2n) is 8.03. The summed E-state index contributed by atoms with van der Waals surface area (Å²) in [7, 11) is 0. The fourth-order valence-electron chi connectivity index (χ4n) is 3.85. The van der Waals surface area contributed by atoms with Crippen molar-refractivity contribution in [3.8, 4) is 0 Å². The SMILES string of the molecule is Cc1cc(C)c(/C=C2\SC(=O)N(CCN3C(=O)S/C(=C\c4ccc(Cl)cc4)C3=O)C2=O)c(C)c1. The van der Waals surface area contributed by atoms with Gasteiger partial charge in [-0.3, -0.25) is 29.0 Å². The van der Waals surface area contributed by atoms with Gasteiger partial charge in [-0.2, -0.15) is 0 Å². The highest BCUT2D eigenvalue weighted by atomic mass is 35.5. The van der Waals surface area contributed by atoms with E-state index >= 15 is 0 Å². The quantitative estimate of drug-likeness (QED) is 0.455. The monoisotopic (exact) mass is 512 g/mol. The predicted octanol–water partition coefficient (Wildman–Crippen LogP) is 6.04. The third-order valence-electron chi connectivity index (χ3n) is 5.48. The Hall–Kier alpha value is -2.81. The molecule has 2 aromatic rings. The van der Waals surface area contributed by atoms with Crippen molar-refractivity contribution in [3.63, 3.8) is 0 Å². The Bertz CT molecular complexity index is 1260. The van der Waals surface area contributed by atoms with Crippen molar-refractivity contribution < 1.29 is 19.2 Å². The van der Waals surface area contributed by atoms with Crippen molar-refractivity contribution >= 4 is 69.6 Å². The molecule has 174 valence electrons. The number of aryl methyl sites for hydroxylation is 3. The molecular weight excluding hydrogens is 492 g/mol. The van der Waals surface area contributed by atoms with Gasteiger partial charge in [0.2, 0.25) is 0 Å². The molecule has 4 rings (SSSR count). The van der Waals surface area contributed by atoms with Crippen LogP contribution in [0.2, 0.25) is 5.02 Å². The van der Waals surface area contributed by atoms with E-state index in [1.165, 1.54) is 0 Å². The number of imide groups is 2. The molecule has 0 bridgehead atoms. The molecule has 2 aromatic carbocycles. The fraction of sp³-hybridized carbons (Fsp3) is 0.200. The van der Waals surface area contributed by atoms with Crippen molar-refractivity contribution in [3.05, 3.63) is 79.0 Å². The van der Waals surface area contributed by atoms with Crippen molar-refractivity contribution in [2.45, 2.75) is 20.8 Å². The lowest BCUT2D eigenvalue weighted by Crippen LogP contribution is -2.39. The highest BCUT2D eigenvalue weighted by Crippen LogP contribution is 2.35. The van der Waals surface area contributed by atoms with Crippen LogP contribution in [-0.4, -0.2) is 45.2 Å². The molecule has 0 aromatic heterocycles. The summed E-state index contributed by atoms with van der Waals surface area (Å²) < 4.78 is 0. The zero-order valence-corrected chi connectivity index (χ0v) is 21.1. The Morgan fingerprint density at radius 1 is 0.765 bits per heavy atom. The minimum absolute atomic E-state index is 0.0554. The first-order valence-corrected chi connectivity index (χ1v) is 12.5. The van der Waals surface area contributed by atoms with Crippen LogP contribution in [0.1, 0.15) is 27.8 Å². The summed E-state index contributed by atoms with van der Waals surface area (Å²) in [5, 5.41) is -0.273. The molecule has 0 spiro atoms. The lowest BCUT2D eigenvalue weighted by atomic mass is 9.99. The smallest absolute Gasteiger partial charge is 0.268 e. The number of carbonyl (C=O) groups is 4. The number of nitrogens with zero attached hydrogens (tertiary/aromatic N) is 2. The van der Waals surface area contributed by atoms with Gasteiger partial charge >= 0.3 is 0 Å². The highest BCUT2D eigenvalue weighted by Gasteiger charge is 2.39.